The molecule has 102 valence electrons. The van der Waals surface area contributed by atoms with Crippen LogP contribution in [0.4, 0.5) is 0 Å². The highest BCUT2D eigenvalue weighted by Crippen LogP contribution is 2.27. The van der Waals surface area contributed by atoms with Gasteiger partial charge in [0.2, 0.25) is 0 Å². The Labute approximate surface area is 111 Å². The van der Waals surface area contributed by atoms with Crippen LogP contribution < -0.4 is 5.32 Å². The number of hydrogen-bond acceptors (Lipinski definition) is 2. The molecule has 1 heterocycles. The van der Waals surface area contributed by atoms with Gasteiger partial charge >= 0.3 is 0 Å². The van der Waals surface area contributed by atoms with Crippen molar-refractivity contribution in [3.8, 4) is 0 Å². The first-order chi connectivity index (χ1) is 8.83. The van der Waals surface area contributed by atoms with E-state index in [4.69, 9.17) is 5.10 Å². The summed E-state index contributed by atoms with van der Waals surface area (Å²) < 4.78 is 2.22. The molecule has 0 aromatic carbocycles. The summed E-state index contributed by atoms with van der Waals surface area (Å²) in [5, 5.41) is 8.12. The lowest BCUT2D eigenvalue weighted by Crippen LogP contribution is -2.24. The van der Waals surface area contributed by atoms with Crippen LogP contribution in [-0.4, -0.2) is 22.9 Å². The molecule has 1 aromatic heterocycles. The Morgan fingerprint density at radius 2 is 2.17 bits per heavy atom. The molecule has 1 unspecified atom stereocenters. The lowest BCUT2D eigenvalue weighted by atomic mass is 9.96. The summed E-state index contributed by atoms with van der Waals surface area (Å²) in [7, 11) is 2.05. The highest BCUT2D eigenvalue weighted by molar-refractivity contribution is 5.00. The summed E-state index contributed by atoms with van der Waals surface area (Å²) in [5.41, 5.74) is 1.26. The van der Waals surface area contributed by atoms with E-state index in [1.54, 1.807) is 0 Å². The van der Waals surface area contributed by atoms with E-state index in [-0.39, 0.29) is 0 Å². The first-order valence-electron chi connectivity index (χ1n) is 7.54. The van der Waals surface area contributed by atoms with Gasteiger partial charge in [0.15, 0.2) is 0 Å². The third-order valence-corrected chi connectivity index (χ3v) is 4.26. The van der Waals surface area contributed by atoms with Gasteiger partial charge in [0.1, 0.15) is 0 Å². The minimum atomic E-state index is 0.629. The second-order valence-corrected chi connectivity index (χ2v) is 5.51. The van der Waals surface area contributed by atoms with Crippen LogP contribution >= 0.6 is 0 Å². The summed E-state index contributed by atoms with van der Waals surface area (Å²) in [6.07, 6.45) is 12.4. The fraction of sp³-hybridized carbons (Fsp3) is 0.800. The normalized spacial score (nSPS) is 19.0. The maximum absolute atomic E-state index is 4.76. The van der Waals surface area contributed by atoms with Crippen LogP contribution in [0.25, 0.3) is 0 Å². The SMILES string of the molecule is CCC(CCc1ccn(C2CCCCC2)n1)NC. The summed E-state index contributed by atoms with van der Waals surface area (Å²) in [6.45, 7) is 2.24. The highest BCUT2D eigenvalue weighted by atomic mass is 15.3. The molecule has 2 rings (SSSR count). The predicted octanol–water partition coefficient (Wildman–Crippen LogP) is 3.32. The largest absolute Gasteiger partial charge is 0.317 e. The van der Waals surface area contributed by atoms with Gasteiger partial charge in [-0.15, -0.1) is 0 Å². The average molecular weight is 249 g/mol. The smallest absolute Gasteiger partial charge is 0.0625 e. The van der Waals surface area contributed by atoms with Crippen molar-refractivity contribution in [1.29, 1.82) is 0 Å². The van der Waals surface area contributed by atoms with Crippen LogP contribution in [0.3, 0.4) is 0 Å². The van der Waals surface area contributed by atoms with E-state index < -0.39 is 0 Å². The third kappa shape index (κ3) is 3.58. The minimum Gasteiger partial charge on any atom is -0.317 e. The Kier molecular flexibility index (Phi) is 5.24. The lowest BCUT2D eigenvalue weighted by molar-refractivity contribution is 0.327. The van der Waals surface area contributed by atoms with Gasteiger partial charge in [0.05, 0.1) is 11.7 Å². The highest BCUT2D eigenvalue weighted by Gasteiger charge is 2.16. The Morgan fingerprint density at radius 3 is 2.83 bits per heavy atom. The summed E-state index contributed by atoms with van der Waals surface area (Å²) in [4.78, 5) is 0. The Morgan fingerprint density at radius 1 is 1.39 bits per heavy atom. The molecule has 0 bridgehead atoms. The van der Waals surface area contributed by atoms with Crippen molar-refractivity contribution in [2.75, 3.05) is 7.05 Å². The van der Waals surface area contributed by atoms with E-state index in [0.717, 1.165) is 6.42 Å². The standard InChI is InChI=1S/C15H27N3/c1-3-13(16-2)9-10-14-11-12-18(17-14)15-7-5-4-6-8-15/h11-13,15-16H,3-10H2,1-2H3. The number of nitrogens with zero attached hydrogens (tertiary/aromatic N) is 2. The minimum absolute atomic E-state index is 0.629. The molecular weight excluding hydrogens is 222 g/mol. The number of aromatic nitrogens is 2. The van der Waals surface area contributed by atoms with Gasteiger partial charge in [-0.25, -0.2) is 0 Å². The van der Waals surface area contributed by atoms with Crippen LogP contribution in [0.1, 0.15) is 63.6 Å². The molecule has 0 amide bonds. The zero-order valence-electron chi connectivity index (χ0n) is 11.9. The second kappa shape index (κ2) is 6.93. The van der Waals surface area contributed by atoms with Crippen molar-refractivity contribution in [3.05, 3.63) is 18.0 Å². The molecule has 3 nitrogen and oxygen atoms in total. The number of hydrogen-bond donors (Lipinski definition) is 1. The molecular formula is C15H27N3. The molecule has 1 N–H and O–H groups in total. The van der Waals surface area contributed by atoms with Crippen molar-refractivity contribution in [3.63, 3.8) is 0 Å². The molecule has 0 aliphatic heterocycles. The van der Waals surface area contributed by atoms with Gasteiger partial charge in [0.25, 0.3) is 0 Å². The molecule has 3 heteroatoms. The van der Waals surface area contributed by atoms with Crippen molar-refractivity contribution in [2.45, 2.75) is 70.4 Å². The van der Waals surface area contributed by atoms with E-state index in [2.05, 4.69) is 36.2 Å². The molecule has 1 saturated carbocycles. The van der Waals surface area contributed by atoms with Crippen molar-refractivity contribution in [2.24, 2.45) is 0 Å². The zero-order valence-corrected chi connectivity index (χ0v) is 11.9. The summed E-state index contributed by atoms with van der Waals surface area (Å²) in [5.74, 6) is 0. The van der Waals surface area contributed by atoms with Crippen LogP contribution in [0, 0.1) is 0 Å². The quantitative estimate of drug-likeness (QED) is 0.838. The number of aryl methyl sites for hydroxylation is 1. The fourth-order valence-corrected chi connectivity index (χ4v) is 2.93. The fourth-order valence-electron chi connectivity index (χ4n) is 2.93. The van der Waals surface area contributed by atoms with Crippen LogP contribution in [0.2, 0.25) is 0 Å². The van der Waals surface area contributed by atoms with Gasteiger partial charge < -0.3 is 5.32 Å². The average Bonchev–Trinajstić information content (AvgIpc) is 2.90. The van der Waals surface area contributed by atoms with Crippen molar-refractivity contribution in [1.82, 2.24) is 15.1 Å². The van der Waals surface area contributed by atoms with Gasteiger partial charge in [-0.05, 0) is 45.2 Å². The Balaban J connectivity index is 1.85. The molecule has 0 saturated heterocycles. The van der Waals surface area contributed by atoms with E-state index in [1.807, 2.05) is 0 Å². The molecule has 0 radical (unpaired) electrons. The van der Waals surface area contributed by atoms with E-state index in [0.29, 0.717) is 12.1 Å². The van der Waals surface area contributed by atoms with E-state index >= 15 is 0 Å². The molecule has 1 aliphatic carbocycles. The number of nitrogens with one attached hydrogen (secondary N) is 1. The van der Waals surface area contributed by atoms with Crippen LogP contribution in [0.5, 0.6) is 0 Å². The van der Waals surface area contributed by atoms with E-state index in [9.17, 15) is 0 Å². The molecule has 1 atom stereocenters. The van der Waals surface area contributed by atoms with Crippen molar-refractivity contribution >= 4 is 0 Å². The van der Waals surface area contributed by atoms with Crippen LogP contribution in [0.15, 0.2) is 12.3 Å². The first-order valence-corrected chi connectivity index (χ1v) is 7.54. The second-order valence-electron chi connectivity index (χ2n) is 5.51. The van der Waals surface area contributed by atoms with E-state index in [1.165, 1.54) is 50.6 Å². The summed E-state index contributed by atoms with van der Waals surface area (Å²) >= 11 is 0. The molecule has 1 aromatic rings. The maximum atomic E-state index is 4.76. The van der Waals surface area contributed by atoms with Gasteiger partial charge in [0, 0.05) is 12.2 Å². The monoisotopic (exact) mass is 249 g/mol. The zero-order chi connectivity index (χ0) is 12.8. The number of rotatable bonds is 6. The molecule has 0 spiro atoms. The van der Waals surface area contributed by atoms with Gasteiger partial charge in [-0.3, -0.25) is 4.68 Å². The molecule has 1 aliphatic rings. The van der Waals surface area contributed by atoms with Gasteiger partial charge in [-0.2, -0.15) is 5.10 Å². The summed E-state index contributed by atoms with van der Waals surface area (Å²) in [6, 6.07) is 3.50. The van der Waals surface area contributed by atoms with Gasteiger partial charge in [-0.1, -0.05) is 26.2 Å². The Bertz CT molecular complexity index is 335. The first kappa shape index (κ1) is 13.6. The molecule has 1 fully saturated rings. The predicted molar refractivity (Wildman–Crippen MR) is 75.8 cm³/mol. The maximum Gasteiger partial charge on any atom is 0.0625 e. The Hall–Kier alpha value is -0.830. The van der Waals surface area contributed by atoms with Crippen LogP contribution in [-0.2, 0) is 6.42 Å². The third-order valence-electron chi connectivity index (χ3n) is 4.26. The van der Waals surface area contributed by atoms with Crippen molar-refractivity contribution < 1.29 is 0 Å². The molecule has 18 heavy (non-hydrogen) atoms. The topological polar surface area (TPSA) is 29.9 Å². The lowest BCUT2D eigenvalue weighted by Gasteiger charge is -2.21.